The molecule has 0 spiro atoms. The fraction of sp³-hybridized carbons (Fsp3) is 0.500. The lowest BCUT2D eigenvalue weighted by Gasteiger charge is -1.93. The van der Waals surface area contributed by atoms with Gasteiger partial charge in [0.2, 0.25) is 0 Å². The van der Waals surface area contributed by atoms with Crippen molar-refractivity contribution in [3.8, 4) is 0 Å². The number of aliphatic carboxylic acids is 1. The van der Waals surface area contributed by atoms with E-state index in [-0.39, 0.29) is 0 Å². The lowest BCUT2D eigenvalue weighted by molar-refractivity contribution is -0.131. The van der Waals surface area contributed by atoms with E-state index in [0.717, 1.165) is 23.4 Å². The second kappa shape index (κ2) is 4.78. The molecule has 1 fully saturated rings. The van der Waals surface area contributed by atoms with Crippen LogP contribution in [0.1, 0.15) is 47.7 Å². The highest BCUT2D eigenvalue weighted by atomic mass is 32.1. The van der Waals surface area contributed by atoms with Gasteiger partial charge in [-0.1, -0.05) is 13.3 Å². The molecular weight excluding hydrogens is 222 g/mol. The number of hydrogen-bond acceptors (Lipinski definition) is 3. The SMILES string of the molecule is CCCc1nc(C2CC2)sc1/C=C/C(=O)O. The molecular formula is C12H15NO2S. The molecule has 1 aliphatic carbocycles. The van der Waals surface area contributed by atoms with Gasteiger partial charge < -0.3 is 5.11 Å². The quantitative estimate of drug-likeness (QED) is 0.801. The molecule has 0 radical (unpaired) electrons. The topological polar surface area (TPSA) is 50.2 Å². The maximum Gasteiger partial charge on any atom is 0.328 e. The maximum absolute atomic E-state index is 10.5. The molecule has 0 bridgehead atoms. The fourth-order valence-corrected chi connectivity index (χ4v) is 2.77. The summed E-state index contributed by atoms with van der Waals surface area (Å²) < 4.78 is 0. The third kappa shape index (κ3) is 2.70. The first-order valence-electron chi connectivity index (χ1n) is 5.61. The highest BCUT2D eigenvalue weighted by Gasteiger charge is 2.27. The Balaban J connectivity index is 2.22. The number of aromatic nitrogens is 1. The van der Waals surface area contributed by atoms with Gasteiger partial charge >= 0.3 is 5.97 Å². The number of rotatable bonds is 5. The Hall–Kier alpha value is -1.16. The summed E-state index contributed by atoms with van der Waals surface area (Å²) >= 11 is 1.65. The predicted molar refractivity (Wildman–Crippen MR) is 64.8 cm³/mol. The molecule has 4 heteroatoms. The van der Waals surface area contributed by atoms with E-state index in [4.69, 9.17) is 5.11 Å². The smallest absolute Gasteiger partial charge is 0.328 e. The second-order valence-corrected chi connectivity index (χ2v) is 5.12. The summed E-state index contributed by atoms with van der Waals surface area (Å²) in [6.45, 7) is 2.11. The normalized spacial score (nSPS) is 15.8. The Morgan fingerprint density at radius 2 is 2.38 bits per heavy atom. The highest BCUT2D eigenvalue weighted by molar-refractivity contribution is 7.12. The van der Waals surface area contributed by atoms with Crippen molar-refractivity contribution >= 4 is 23.4 Å². The van der Waals surface area contributed by atoms with Crippen molar-refractivity contribution in [1.29, 1.82) is 0 Å². The summed E-state index contributed by atoms with van der Waals surface area (Å²) in [4.78, 5) is 16.1. The molecule has 1 aromatic rings. The van der Waals surface area contributed by atoms with Crippen LogP contribution < -0.4 is 0 Å². The average molecular weight is 237 g/mol. The Bertz CT molecular complexity index is 419. The summed E-state index contributed by atoms with van der Waals surface area (Å²) in [5.41, 5.74) is 1.06. The summed E-state index contributed by atoms with van der Waals surface area (Å²) in [7, 11) is 0. The van der Waals surface area contributed by atoms with Crippen LogP contribution in [0.3, 0.4) is 0 Å². The molecule has 16 heavy (non-hydrogen) atoms. The summed E-state index contributed by atoms with van der Waals surface area (Å²) in [5, 5.41) is 9.81. The zero-order valence-corrected chi connectivity index (χ0v) is 10.1. The van der Waals surface area contributed by atoms with E-state index in [1.165, 1.54) is 23.9 Å². The first-order valence-corrected chi connectivity index (χ1v) is 6.43. The number of carbonyl (C=O) groups is 1. The number of carboxylic acid groups (broad SMARTS) is 1. The van der Waals surface area contributed by atoms with E-state index in [2.05, 4.69) is 11.9 Å². The molecule has 0 saturated heterocycles. The first kappa shape index (κ1) is 11.3. The van der Waals surface area contributed by atoms with E-state index in [1.54, 1.807) is 17.4 Å². The molecule has 0 amide bonds. The molecule has 0 atom stereocenters. The number of nitrogens with zero attached hydrogens (tertiary/aromatic N) is 1. The van der Waals surface area contributed by atoms with Gasteiger partial charge in [-0.3, -0.25) is 0 Å². The minimum Gasteiger partial charge on any atom is -0.478 e. The van der Waals surface area contributed by atoms with Crippen LogP contribution in [-0.4, -0.2) is 16.1 Å². The lowest BCUT2D eigenvalue weighted by atomic mass is 10.2. The van der Waals surface area contributed by atoms with Crippen molar-refractivity contribution in [2.45, 2.75) is 38.5 Å². The largest absolute Gasteiger partial charge is 0.478 e. The Kier molecular flexibility index (Phi) is 3.39. The average Bonchev–Trinajstić information content (AvgIpc) is 3.00. The van der Waals surface area contributed by atoms with Crippen LogP contribution in [0.4, 0.5) is 0 Å². The molecule has 0 aromatic carbocycles. The molecule has 86 valence electrons. The maximum atomic E-state index is 10.5. The number of hydrogen-bond donors (Lipinski definition) is 1. The number of aryl methyl sites for hydroxylation is 1. The zero-order valence-electron chi connectivity index (χ0n) is 9.27. The van der Waals surface area contributed by atoms with Gasteiger partial charge in [-0.05, 0) is 25.3 Å². The van der Waals surface area contributed by atoms with Gasteiger partial charge in [-0.15, -0.1) is 11.3 Å². The van der Waals surface area contributed by atoms with Crippen LogP contribution in [0.25, 0.3) is 6.08 Å². The molecule has 3 nitrogen and oxygen atoms in total. The van der Waals surface area contributed by atoms with Gasteiger partial charge in [0.1, 0.15) is 0 Å². The minimum atomic E-state index is -0.899. The second-order valence-electron chi connectivity index (χ2n) is 4.06. The van der Waals surface area contributed by atoms with Crippen LogP contribution >= 0.6 is 11.3 Å². The number of thiazole rings is 1. The van der Waals surface area contributed by atoms with Crippen molar-refractivity contribution < 1.29 is 9.90 Å². The summed E-state index contributed by atoms with van der Waals surface area (Å²) in [5.74, 6) is -0.253. The van der Waals surface area contributed by atoms with Crippen molar-refractivity contribution in [2.24, 2.45) is 0 Å². The van der Waals surface area contributed by atoms with E-state index < -0.39 is 5.97 Å². The third-order valence-corrected chi connectivity index (χ3v) is 3.76. The Morgan fingerprint density at radius 1 is 1.62 bits per heavy atom. The summed E-state index contributed by atoms with van der Waals surface area (Å²) in [6.07, 6.45) is 7.33. The Labute approximate surface area is 98.8 Å². The minimum absolute atomic E-state index is 0.646. The molecule has 1 aliphatic rings. The van der Waals surface area contributed by atoms with Crippen LogP contribution in [0.15, 0.2) is 6.08 Å². The monoisotopic (exact) mass is 237 g/mol. The van der Waals surface area contributed by atoms with Gasteiger partial charge in [-0.2, -0.15) is 0 Å². The van der Waals surface area contributed by atoms with Gasteiger partial charge in [0, 0.05) is 12.0 Å². The van der Waals surface area contributed by atoms with Crippen molar-refractivity contribution in [2.75, 3.05) is 0 Å². The van der Waals surface area contributed by atoms with Crippen LogP contribution in [0.2, 0.25) is 0 Å². The molecule has 1 heterocycles. The van der Waals surface area contributed by atoms with E-state index in [9.17, 15) is 4.79 Å². The van der Waals surface area contributed by atoms with E-state index in [0.29, 0.717) is 5.92 Å². The number of carboxylic acids is 1. The fourth-order valence-electron chi connectivity index (χ4n) is 1.58. The van der Waals surface area contributed by atoms with Gasteiger partial charge in [0.15, 0.2) is 0 Å². The van der Waals surface area contributed by atoms with Gasteiger partial charge in [0.05, 0.1) is 15.6 Å². The molecule has 1 N–H and O–H groups in total. The van der Waals surface area contributed by atoms with Gasteiger partial charge in [-0.25, -0.2) is 9.78 Å². The first-order chi connectivity index (χ1) is 7.70. The van der Waals surface area contributed by atoms with Crippen LogP contribution in [0.5, 0.6) is 0 Å². The van der Waals surface area contributed by atoms with Crippen molar-refractivity contribution in [1.82, 2.24) is 4.98 Å². The lowest BCUT2D eigenvalue weighted by Crippen LogP contribution is -1.89. The zero-order chi connectivity index (χ0) is 11.5. The summed E-state index contributed by atoms with van der Waals surface area (Å²) in [6, 6.07) is 0. The van der Waals surface area contributed by atoms with Crippen LogP contribution in [-0.2, 0) is 11.2 Å². The molecule has 1 saturated carbocycles. The van der Waals surface area contributed by atoms with E-state index in [1.807, 2.05) is 0 Å². The molecule has 0 unspecified atom stereocenters. The van der Waals surface area contributed by atoms with E-state index >= 15 is 0 Å². The Morgan fingerprint density at radius 3 is 2.94 bits per heavy atom. The van der Waals surface area contributed by atoms with Crippen molar-refractivity contribution in [3.63, 3.8) is 0 Å². The molecule has 1 aromatic heterocycles. The van der Waals surface area contributed by atoms with Gasteiger partial charge in [0.25, 0.3) is 0 Å². The highest BCUT2D eigenvalue weighted by Crippen LogP contribution is 2.43. The molecule has 2 rings (SSSR count). The molecule has 0 aliphatic heterocycles. The van der Waals surface area contributed by atoms with Crippen LogP contribution in [0, 0.1) is 0 Å². The van der Waals surface area contributed by atoms with Crippen molar-refractivity contribution in [3.05, 3.63) is 21.7 Å². The third-order valence-electron chi connectivity index (χ3n) is 2.53. The predicted octanol–water partition coefficient (Wildman–Crippen LogP) is 3.07. The standard InChI is InChI=1S/C12H15NO2S/c1-2-3-9-10(6-7-11(14)15)16-12(13-9)8-4-5-8/h6-8H,2-5H2,1H3,(H,14,15)/b7-6+.